The summed E-state index contributed by atoms with van der Waals surface area (Å²) in [6.45, 7) is 5.50. The SMILES string of the molecule is CCCc1nc(CN2CCC[C@@H]2[C@@](C)(O)c2ccc(OC)cc2)no1. The van der Waals surface area contributed by atoms with Crippen LogP contribution in [0.15, 0.2) is 28.8 Å². The third-order valence-electron chi connectivity index (χ3n) is 5.01. The molecule has 0 radical (unpaired) electrons. The normalized spacial score (nSPS) is 20.6. The molecule has 136 valence electrons. The number of rotatable bonds is 7. The zero-order valence-corrected chi connectivity index (χ0v) is 15.2. The van der Waals surface area contributed by atoms with Crippen LogP contribution in [-0.4, -0.2) is 39.8 Å². The highest BCUT2D eigenvalue weighted by molar-refractivity contribution is 5.31. The first-order chi connectivity index (χ1) is 12.0. The van der Waals surface area contributed by atoms with Crippen LogP contribution in [0.4, 0.5) is 0 Å². The molecule has 2 heterocycles. The summed E-state index contributed by atoms with van der Waals surface area (Å²) in [5.41, 5.74) is -0.0522. The van der Waals surface area contributed by atoms with Gasteiger partial charge in [0.15, 0.2) is 5.82 Å². The monoisotopic (exact) mass is 345 g/mol. The van der Waals surface area contributed by atoms with Crippen molar-refractivity contribution in [2.45, 2.75) is 57.7 Å². The molecule has 0 bridgehead atoms. The number of aromatic nitrogens is 2. The molecule has 3 rings (SSSR count). The first-order valence-corrected chi connectivity index (χ1v) is 8.97. The Hall–Kier alpha value is -1.92. The van der Waals surface area contributed by atoms with Gasteiger partial charge in [-0.2, -0.15) is 4.98 Å². The van der Waals surface area contributed by atoms with E-state index in [1.54, 1.807) is 7.11 Å². The molecule has 1 aromatic carbocycles. The molecule has 2 atom stereocenters. The number of aryl methyl sites for hydroxylation is 1. The molecule has 1 saturated heterocycles. The van der Waals surface area contributed by atoms with Gasteiger partial charge in [0.05, 0.1) is 13.7 Å². The van der Waals surface area contributed by atoms with Crippen molar-refractivity contribution in [2.24, 2.45) is 0 Å². The van der Waals surface area contributed by atoms with Gasteiger partial charge in [0.25, 0.3) is 0 Å². The second-order valence-corrected chi connectivity index (χ2v) is 6.86. The average molecular weight is 345 g/mol. The molecule has 1 N–H and O–H groups in total. The number of hydrogen-bond donors (Lipinski definition) is 1. The summed E-state index contributed by atoms with van der Waals surface area (Å²) < 4.78 is 10.5. The molecule has 2 aromatic rings. The molecule has 1 aliphatic heterocycles. The van der Waals surface area contributed by atoms with E-state index in [0.29, 0.717) is 18.3 Å². The third kappa shape index (κ3) is 3.85. The van der Waals surface area contributed by atoms with Crippen molar-refractivity contribution in [3.05, 3.63) is 41.5 Å². The zero-order valence-electron chi connectivity index (χ0n) is 15.2. The molecule has 0 amide bonds. The number of methoxy groups -OCH3 is 1. The van der Waals surface area contributed by atoms with Crippen molar-refractivity contribution >= 4 is 0 Å². The van der Waals surface area contributed by atoms with Crippen LogP contribution >= 0.6 is 0 Å². The first kappa shape index (κ1) is 17.9. The predicted molar refractivity (Wildman–Crippen MR) is 94.3 cm³/mol. The Balaban J connectivity index is 1.74. The Labute approximate surface area is 148 Å². The van der Waals surface area contributed by atoms with E-state index < -0.39 is 5.60 Å². The molecular weight excluding hydrogens is 318 g/mol. The summed E-state index contributed by atoms with van der Waals surface area (Å²) in [5.74, 6) is 2.18. The number of ether oxygens (including phenoxy) is 1. The third-order valence-corrected chi connectivity index (χ3v) is 5.01. The molecule has 6 nitrogen and oxygen atoms in total. The molecule has 6 heteroatoms. The minimum absolute atomic E-state index is 0.0222. The Bertz CT molecular complexity index is 681. The molecule has 1 aliphatic rings. The van der Waals surface area contributed by atoms with E-state index in [9.17, 15) is 5.11 Å². The van der Waals surface area contributed by atoms with E-state index in [2.05, 4.69) is 22.0 Å². The fraction of sp³-hybridized carbons (Fsp3) is 0.579. The maximum Gasteiger partial charge on any atom is 0.226 e. The lowest BCUT2D eigenvalue weighted by Gasteiger charge is -2.36. The van der Waals surface area contributed by atoms with Crippen LogP contribution in [0.25, 0.3) is 0 Å². The van der Waals surface area contributed by atoms with Crippen LogP contribution in [0.5, 0.6) is 5.75 Å². The molecule has 25 heavy (non-hydrogen) atoms. The molecule has 1 aromatic heterocycles. The predicted octanol–water partition coefficient (Wildman–Crippen LogP) is 2.90. The van der Waals surface area contributed by atoms with E-state index in [-0.39, 0.29) is 6.04 Å². The summed E-state index contributed by atoms with van der Waals surface area (Å²) >= 11 is 0. The van der Waals surface area contributed by atoms with Crippen molar-refractivity contribution in [1.82, 2.24) is 15.0 Å². The standard InChI is InChI=1S/C19H27N3O3/c1-4-6-18-20-17(21-25-18)13-22-12-5-7-16(22)19(2,23)14-8-10-15(24-3)11-9-14/h8-11,16,23H,4-7,12-13H2,1-3H3/t16-,19+/m1/s1. The zero-order chi connectivity index (χ0) is 17.9. The number of nitrogens with zero attached hydrogens (tertiary/aromatic N) is 3. The van der Waals surface area contributed by atoms with Gasteiger partial charge in [0.1, 0.15) is 11.4 Å². The Morgan fingerprint density at radius 2 is 2.12 bits per heavy atom. The maximum atomic E-state index is 11.2. The van der Waals surface area contributed by atoms with Gasteiger partial charge in [0, 0.05) is 12.5 Å². The summed E-state index contributed by atoms with van der Waals surface area (Å²) in [6, 6.07) is 7.67. The van der Waals surface area contributed by atoms with Crippen molar-refractivity contribution in [2.75, 3.05) is 13.7 Å². The minimum Gasteiger partial charge on any atom is -0.497 e. The summed E-state index contributed by atoms with van der Waals surface area (Å²) in [4.78, 5) is 6.71. The fourth-order valence-electron chi connectivity index (χ4n) is 3.62. The van der Waals surface area contributed by atoms with Gasteiger partial charge in [0.2, 0.25) is 5.89 Å². The Kier molecular flexibility index (Phi) is 5.39. The lowest BCUT2D eigenvalue weighted by Crippen LogP contribution is -2.45. The molecule has 1 fully saturated rings. The topological polar surface area (TPSA) is 71.6 Å². The lowest BCUT2D eigenvalue weighted by atomic mass is 9.86. The largest absolute Gasteiger partial charge is 0.497 e. The van der Waals surface area contributed by atoms with Crippen LogP contribution in [0.1, 0.15) is 50.4 Å². The van der Waals surface area contributed by atoms with Gasteiger partial charge in [-0.05, 0) is 50.4 Å². The van der Waals surface area contributed by atoms with E-state index in [1.165, 1.54) is 0 Å². The quantitative estimate of drug-likeness (QED) is 0.832. The molecule has 0 unspecified atom stereocenters. The summed E-state index contributed by atoms with van der Waals surface area (Å²) in [7, 11) is 1.64. The molecule has 0 spiro atoms. The second-order valence-electron chi connectivity index (χ2n) is 6.86. The molecule has 0 saturated carbocycles. The van der Waals surface area contributed by atoms with Gasteiger partial charge >= 0.3 is 0 Å². The average Bonchev–Trinajstić information content (AvgIpc) is 3.25. The van der Waals surface area contributed by atoms with Crippen LogP contribution < -0.4 is 4.74 Å². The Morgan fingerprint density at radius 1 is 1.36 bits per heavy atom. The second kappa shape index (κ2) is 7.54. The van der Waals surface area contributed by atoms with Crippen molar-refractivity contribution in [3.63, 3.8) is 0 Å². The number of likely N-dealkylation sites (tertiary alicyclic amines) is 1. The maximum absolute atomic E-state index is 11.2. The van der Waals surface area contributed by atoms with Crippen LogP contribution in [0, 0.1) is 0 Å². The van der Waals surface area contributed by atoms with Crippen molar-refractivity contribution in [1.29, 1.82) is 0 Å². The van der Waals surface area contributed by atoms with E-state index in [4.69, 9.17) is 9.26 Å². The van der Waals surface area contributed by atoms with E-state index >= 15 is 0 Å². The van der Waals surface area contributed by atoms with E-state index in [1.807, 2.05) is 31.2 Å². The van der Waals surface area contributed by atoms with Crippen LogP contribution in [-0.2, 0) is 18.6 Å². The number of benzene rings is 1. The lowest BCUT2D eigenvalue weighted by molar-refractivity contribution is -0.0262. The van der Waals surface area contributed by atoms with Gasteiger partial charge in [-0.1, -0.05) is 24.2 Å². The Morgan fingerprint density at radius 3 is 2.80 bits per heavy atom. The van der Waals surface area contributed by atoms with Crippen LogP contribution in [0.2, 0.25) is 0 Å². The number of aliphatic hydroxyl groups is 1. The first-order valence-electron chi connectivity index (χ1n) is 8.97. The van der Waals surface area contributed by atoms with Gasteiger partial charge in [-0.3, -0.25) is 4.90 Å². The molecule has 0 aliphatic carbocycles. The van der Waals surface area contributed by atoms with Crippen molar-refractivity contribution in [3.8, 4) is 5.75 Å². The van der Waals surface area contributed by atoms with Gasteiger partial charge in [-0.25, -0.2) is 0 Å². The minimum atomic E-state index is -0.946. The highest BCUT2D eigenvalue weighted by atomic mass is 16.5. The van der Waals surface area contributed by atoms with Gasteiger partial charge < -0.3 is 14.4 Å². The molecular formula is C19H27N3O3. The smallest absolute Gasteiger partial charge is 0.226 e. The highest BCUT2D eigenvalue weighted by Gasteiger charge is 2.40. The summed E-state index contributed by atoms with van der Waals surface area (Å²) in [6.07, 6.45) is 3.79. The van der Waals surface area contributed by atoms with Crippen LogP contribution in [0.3, 0.4) is 0 Å². The highest BCUT2D eigenvalue weighted by Crippen LogP contribution is 2.35. The summed E-state index contributed by atoms with van der Waals surface area (Å²) in [5, 5.41) is 15.3. The number of hydrogen-bond acceptors (Lipinski definition) is 6. The van der Waals surface area contributed by atoms with Crippen molar-refractivity contribution < 1.29 is 14.4 Å². The van der Waals surface area contributed by atoms with E-state index in [0.717, 1.165) is 43.5 Å². The van der Waals surface area contributed by atoms with Gasteiger partial charge in [-0.15, -0.1) is 0 Å². The fourth-order valence-corrected chi connectivity index (χ4v) is 3.62.